The molecule has 0 bridgehead atoms. The van der Waals surface area contributed by atoms with Crippen molar-refractivity contribution in [2.75, 3.05) is 26.8 Å². The molecule has 0 unspecified atom stereocenters. The second-order valence-electron chi connectivity index (χ2n) is 3.26. The van der Waals surface area contributed by atoms with Crippen molar-refractivity contribution >= 4 is 6.16 Å². The van der Waals surface area contributed by atoms with Crippen molar-refractivity contribution in [2.45, 2.75) is 20.3 Å². The number of carbonyl (C=O) groups excluding carboxylic acids is 1. The second kappa shape index (κ2) is 7.86. The van der Waals surface area contributed by atoms with Crippen molar-refractivity contribution in [1.29, 1.82) is 0 Å². The van der Waals surface area contributed by atoms with Gasteiger partial charge in [-0.05, 0) is 25.9 Å². The van der Waals surface area contributed by atoms with Gasteiger partial charge >= 0.3 is 6.16 Å². The van der Waals surface area contributed by atoms with Crippen molar-refractivity contribution in [1.82, 2.24) is 5.32 Å². The molecule has 0 aliphatic heterocycles. The van der Waals surface area contributed by atoms with Gasteiger partial charge in [0.15, 0.2) is 0 Å². The molecule has 0 spiro atoms. The van der Waals surface area contributed by atoms with Crippen LogP contribution in [0.25, 0.3) is 0 Å². The Morgan fingerprint density at radius 3 is 2.62 bits per heavy atom. The first-order valence-electron chi connectivity index (χ1n) is 4.61. The minimum Gasteiger partial charge on any atom is -0.434 e. The summed E-state index contributed by atoms with van der Waals surface area (Å²) in [5.74, 6) is 0.352. The molecule has 4 nitrogen and oxygen atoms in total. The standard InChI is InChI=1S/C9H19NO3/c1-8(2)7-13-9(11)12-6-4-5-10-3/h8,10H,4-7H2,1-3H3. The van der Waals surface area contributed by atoms with E-state index in [-0.39, 0.29) is 0 Å². The van der Waals surface area contributed by atoms with Crippen molar-refractivity contribution < 1.29 is 14.3 Å². The predicted molar refractivity (Wildman–Crippen MR) is 50.7 cm³/mol. The minimum absolute atomic E-state index is 0.352. The number of hydrogen-bond donors (Lipinski definition) is 1. The van der Waals surface area contributed by atoms with E-state index in [0.717, 1.165) is 13.0 Å². The van der Waals surface area contributed by atoms with E-state index < -0.39 is 6.16 Å². The number of rotatable bonds is 6. The van der Waals surface area contributed by atoms with Gasteiger partial charge in [0.1, 0.15) is 0 Å². The van der Waals surface area contributed by atoms with Gasteiger partial charge in [-0.3, -0.25) is 0 Å². The van der Waals surface area contributed by atoms with Crippen LogP contribution in [0.15, 0.2) is 0 Å². The van der Waals surface area contributed by atoms with Crippen LogP contribution in [0.2, 0.25) is 0 Å². The molecular formula is C9H19NO3. The van der Waals surface area contributed by atoms with Crippen LogP contribution in [0.3, 0.4) is 0 Å². The van der Waals surface area contributed by atoms with E-state index in [0.29, 0.717) is 19.1 Å². The van der Waals surface area contributed by atoms with Gasteiger partial charge in [-0.2, -0.15) is 0 Å². The molecule has 0 rings (SSSR count). The zero-order valence-electron chi connectivity index (χ0n) is 8.63. The third-order valence-corrected chi connectivity index (χ3v) is 1.33. The molecule has 13 heavy (non-hydrogen) atoms. The lowest BCUT2D eigenvalue weighted by molar-refractivity contribution is 0.0470. The van der Waals surface area contributed by atoms with Gasteiger partial charge in [-0.1, -0.05) is 13.8 Å². The maximum absolute atomic E-state index is 10.8. The number of nitrogens with one attached hydrogen (secondary N) is 1. The number of hydrogen-bond acceptors (Lipinski definition) is 4. The Morgan fingerprint density at radius 1 is 1.38 bits per heavy atom. The maximum atomic E-state index is 10.8. The summed E-state index contributed by atoms with van der Waals surface area (Å²) in [7, 11) is 1.86. The van der Waals surface area contributed by atoms with Crippen LogP contribution >= 0.6 is 0 Å². The molecule has 0 heterocycles. The number of carbonyl (C=O) groups is 1. The Labute approximate surface area is 79.6 Å². The highest BCUT2D eigenvalue weighted by atomic mass is 16.7. The summed E-state index contributed by atoms with van der Waals surface area (Å²) in [6.45, 7) is 5.64. The summed E-state index contributed by atoms with van der Waals surface area (Å²) >= 11 is 0. The fourth-order valence-corrected chi connectivity index (χ4v) is 0.681. The highest BCUT2D eigenvalue weighted by molar-refractivity contribution is 5.59. The minimum atomic E-state index is -0.565. The van der Waals surface area contributed by atoms with Crippen LogP contribution in [0.5, 0.6) is 0 Å². The Hall–Kier alpha value is -0.770. The summed E-state index contributed by atoms with van der Waals surface area (Å²) in [6, 6.07) is 0. The molecule has 0 aromatic carbocycles. The fourth-order valence-electron chi connectivity index (χ4n) is 0.681. The first-order valence-corrected chi connectivity index (χ1v) is 4.61. The van der Waals surface area contributed by atoms with Gasteiger partial charge in [0.05, 0.1) is 13.2 Å². The summed E-state index contributed by atoms with van der Waals surface area (Å²) in [4.78, 5) is 10.8. The van der Waals surface area contributed by atoms with E-state index in [1.165, 1.54) is 0 Å². The summed E-state index contributed by atoms with van der Waals surface area (Å²) in [6.07, 6.45) is 0.248. The van der Waals surface area contributed by atoms with Gasteiger partial charge in [-0.25, -0.2) is 4.79 Å². The molecule has 0 saturated carbocycles. The van der Waals surface area contributed by atoms with Crippen LogP contribution in [-0.4, -0.2) is 33.0 Å². The fraction of sp³-hybridized carbons (Fsp3) is 0.889. The van der Waals surface area contributed by atoms with E-state index in [2.05, 4.69) is 5.32 Å². The second-order valence-corrected chi connectivity index (χ2v) is 3.26. The lowest BCUT2D eigenvalue weighted by Crippen LogP contribution is -2.15. The summed E-state index contributed by atoms with van der Waals surface area (Å²) in [5, 5.41) is 2.96. The molecule has 0 saturated heterocycles. The topological polar surface area (TPSA) is 47.6 Å². The van der Waals surface area contributed by atoms with Crippen LogP contribution < -0.4 is 5.32 Å². The average molecular weight is 189 g/mol. The van der Waals surface area contributed by atoms with Crippen molar-refractivity contribution in [3.63, 3.8) is 0 Å². The average Bonchev–Trinajstić information content (AvgIpc) is 2.09. The molecule has 78 valence electrons. The molecule has 0 aromatic rings. The molecule has 0 atom stereocenters. The molecule has 1 N–H and O–H groups in total. The highest BCUT2D eigenvalue weighted by Gasteiger charge is 2.03. The molecule has 0 amide bonds. The summed E-state index contributed by atoms with van der Waals surface area (Å²) in [5.41, 5.74) is 0. The van der Waals surface area contributed by atoms with Crippen LogP contribution in [-0.2, 0) is 9.47 Å². The largest absolute Gasteiger partial charge is 0.508 e. The molecule has 0 fully saturated rings. The SMILES string of the molecule is CNCCCOC(=O)OCC(C)C. The molecule has 0 aliphatic rings. The first-order chi connectivity index (χ1) is 6.16. The third kappa shape index (κ3) is 9.14. The molecule has 0 radical (unpaired) electrons. The van der Waals surface area contributed by atoms with Crippen molar-refractivity contribution in [2.24, 2.45) is 5.92 Å². The van der Waals surface area contributed by atoms with Crippen LogP contribution in [0.1, 0.15) is 20.3 Å². The zero-order valence-corrected chi connectivity index (χ0v) is 8.63. The predicted octanol–water partition coefficient (Wildman–Crippen LogP) is 1.41. The summed E-state index contributed by atoms with van der Waals surface area (Å²) < 4.78 is 9.60. The van der Waals surface area contributed by atoms with Crippen LogP contribution in [0.4, 0.5) is 4.79 Å². The lowest BCUT2D eigenvalue weighted by Gasteiger charge is -2.07. The Balaban J connectivity index is 3.20. The highest BCUT2D eigenvalue weighted by Crippen LogP contribution is 1.95. The van der Waals surface area contributed by atoms with Crippen molar-refractivity contribution in [3.05, 3.63) is 0 Å². The van der Waals surface area contributed by atoms with Crippen LogP contribution in [0, 0.1) is 5.92 Å². The van der Waals surface area contributed by atoms with Gasteiger partial charge in [0.25, 0.3) is 0 Å². The molecule has 4 heteroatoms. The van der Waals surface area contributed by atoms with Gasteiger partial charge < -0.3 is 14.8 Å². The Bertz CT molecular complexity index is 137. The van der Waals surface area contributed by atoms with Gasteiger partial charge in [-0.15, -0.1) is 0 Å². The monoisotopic (exact) mass is 189 g/mol. The van der Waals surface area contributed by atoms with Gasteiger partial charge in [0.2, 0.25) is 0 Å². The van der Waals surface area contributed by atoms with Gasteiger partial charge in [0, 0.05) is 0 Å². The Morgan fingerprint density at radius 2 is 2.08 bits per heavy atom. The quantitative estimate of drug-likeness (QED) is 0.507. The Kier molecular flexibility index (Phi) is 7.39. The molecule has 0 aliphatic carbocycles. The first kappa shape index (κ1) is 12.2. The normalized spacial score (nSPS) is 10.2. The maximum Gasteiger partial charge on any atom is 0.508 e. The third-order valence-electron chi connectivity index (χ3n) is 1.33. The lowest BCUT2D eigenvalue weighted by atomic mass is 10.2. The smallest absolute Gasteiger partial charge is 0.434 e. The molecular weight excluding hydrogens is 170 g/mol. The van der Waals surface area contributed by atoms with E-state index in [4.69, 9.17) is 9.47 Å². The number of ether oxygens (including phenoxy) is 2. The molecule has 0 aromatic heterocycles. The van der Waals surface area contributed by atoms with E-state index in [1.807, 2.05) is 20.9 Å². The van der Waals surface area contributed by atoms with Crippen molar-refractivity contribution in [3.8, 4) is 0 Å². The van der Waals surface area contributed by atoms with E-state index in [1.54, 1.807) is 0 Å². The zero-order chi connectivity index (χ0) is 10.1. The van der Waals surface area contributed by atoms with E-state index in [9.17, 15) is 4.79 Å². The van der Waals surface area contributed by atoms with E-state index >= 15 is 0 Å².